The van der Waals surface area contributed by atoms with Gasteiger partial charge in [-0.05, 0) is 73.3 Å². The van der Waals surface area contributed by atoms with Crippen molar-refractivity contribution in [1.29, 1.82) is 0 Å². The van der Waals surface area contributed by atoms with Crippen LogP contribution in [0.15, 0.2) is 34.8 Å². The summed E-state index contributed by atoms with van der Waals surface area (Å²) in [5, 5.41) is 4.33. The van der Waals surface area contributed by atoms with Crippen LogP contribution in [0.1, 0.15) is 40.8 Å². The lowest BCUT2D eigenvalue weighted by Gasteiger charge is -2.23. The third-order valence-electron chi connectivity index (χ3n) is 3.82. The highest BCUT2D eigenvalue weighted by Gasteiger charge is 2.17. The highest BCUT2D eigenvalue weighted by atomic mass is 79.9. The Hall–Kier alpha value is -0.830. The molecular formula is C18H21BrClN. The lowest BCUT2D eigenvalue weighted by molar-refractivity contribution is 0.627. The van der Waals surface area contributed by atoms with Crippen LogP contribution in [0.2, 0.25) is 5.02 Å². The van der Waals surface area contributed by atoms with Gasteiger partial charge in [0.05, 0.1) is 6.04 Å². The van der Waals surface area contributed by atoms with Crippen LogP contribution in [0.3, 0.4) is 0 Å². The van der Waals surface area contributed by atoms with Gasteiger partial charge in [-0.2, -0.15) is 0 Å². The largest absolute Gasteiger partial charge is 0.307 e. The van der Waals surface area contributed by atoms with E-state index >= 15 is 0 Å². The highest BCUT2D eigenvalue weighted by molar-refractivity contribution is 9.10. The van der Waals surface area contributed by atoms with Crippen LogP contribution in [0, 0.1) is 20.8 Å². The van der Waals surface area contributed by atoms with E-state index in [1.165, 1.54) is 27.8 Å². The van der Waals surface area contributed by atoms with E-state index in [0.717, 1.165) is 16.0 Å². The first-order valence-electron chi connectivity index (χ1n) is 7.19. The zero-order chi connectivity index (χ0) is 15.6. The smallest absolute Gasteiger partial charge is 0.0580 e. The van der Waals surface area contributed by atoms with E-state index in [1.54, 1.807) is 0 Å². The second kappa shape index (κ2) is 6.95. The van der Waals surface area contributed by atoms with E-state index in [-0.39, 0.29) is 6.04 Å². The normalized spacial score (nSPS) is 12.5. The molecule has 0 heterocycles. The summed E-state index contributed by atoms with van der Waals surface area (Å²) in [5.74, 6) is 0. The molecule has 1 N–H and O–H groups in total. The van der Waals surface area contributed by atoms with E-state index in [2.05, 4.69) is 67.1 Å². The molecule has 2 aromatic carbocycles. The average molecular weight is 367 g/mol. The van der Waals surface area contributed by atoms with Crippen molar-refractivity contribution in [2.75, 3.05) is 6.54 Å². The number of halogens is 2. The van der Waals surface area contributed by atoms with Crippen LogP contribution in [-0.2, 0) is 0 Å². The summed E-state index contributed by atoms with van der Waals surface area (Å²) in [6, 6.07) is 10.8. The number of aryl methyl sites for hydroxylation is 3. The van der Waals surface area contributed by atoms with Crippen molar-refractivity contribution in [3.63, 3.8) is 0 Å². The molecule has 0 spiro atoms. The fourth-order valence-electron chi connectivity index (χ4n) is 2.65. The van der Waals surface area contributed by atoms with Crippen LogP contribution in [0.5, 0.6) is 0 Å². The maximum atomic E-state index is 6.22. The Morgan fingerprint density at radius 2 is 1.67 bits per heavy atom. The molecule has 21 heavy (non-hydrogen) atoms. The van der Waals surface area contributed by atoms with Gasteiger partial charge < -0.3 is 5.32 Å². The molecule has 0 aliphatic heterocycles. The summed E-state index contributed by atoms with van der Waals surface area (Å²) in [7, 11) is 0. The van der Waals surface area contributed by atoms with Gasteiger partial charge in [0.2, 0.25) is 0 Å². The Balaban J connectivity index is 2.55. The van der Waals surface area contributed by atoms with Crippen LogP contribution < -0.4 is 5.32 Å². The molecule has 0 aliphatic carbocycles. The summed E-state index contributed by atoms with van der Waals surface area (Å²) in [6.45, 7) is 9.52. The molecule has 0 bridgehead atoms. The van der Waals surface area contributed by atoms with Crippen molar-refractivity contribution in [3.05, 3.63) is 67.6 Å². The first-order chi connectivity index (χ1) is 9.92. The van der Waals surface area contributed by atoms with Gasteiger partial charge in [-0.15, -0.1) is 0 Å². The van der Waals surface area contributed by atoms with Crippen LogP contribution >= 0.6 is 27.5 Å². The maximum absolute atomic E-state index is 6.22. The van der Waals surface area contributed by atoms with E-state index in [4.69, 9.17) is 11.6 Å². The molecule has 0 radical (unpaired) electrons. The molecule has 1 atom stereocenters. The van der Waals surface area contributed by atoms with Crippen molar-refractivity contribution < 1.29 is 0 Å². The zero-order valence-corrected chi connectivity index (χ0v) is 15.3. The zero-order valence-electron chi connectivity index (χ0n) is 12.9. The van der Waals surface area contributed by atoms with Crippen molar-refractivity contribution in [2.24, 2.45) is 0 Å². The number of nitrogens with one attached hydrogen (secondary N) is 1. The van der Waals surface area contributed by atoms with Crippen LogP contribution in [0.25, 0.3) is 0 Å². The Morgan fingerprint density at radius 3 is 2.29 bits per heavy atom. The second-order valence-corrected chi connectivity index (χ2v) is 6.84. The quantitative estimate of drug-likeness (QED) is 0.729. The molecule has 0 fully saturated rings. The van der Waals surface area contributed by atoms with Gasteiger partial charge in [0.1, 0.15) is 0 Å². The molecule has 0 saturated heterocycles. The van der Waals surface area contributed by atoms with Gasteiger partial charge in [0, 0.05) is 9.50 Å². The van der Waals surface area contributed by atoms with Crippen molar-refractivity contribution in [1.82, 2.24) is 5.32 Å². The first kappa shape index (κ1) is 16.5. The number of benzene rings is 2. The maximum Gasteiger partial charge on any atom is 0.0580 e. The lowest BCUT2D eigenvalue weighted by Crippen LogP contribution is -2.23. The average Bonchev–Trinajstić information content (AvgIpc) is 2.39. The summed E-state index contributed by atoms with van der Waals surface area (Å²) in [4.78, 5) is 0. The number of hydrogen-bond donors (Lipinski definition) is 1. The fourth-order valence-corrected chi connectivity index (χ4v) is 3.53. The Bertz CT molecular complexity index is 632. The van der Waals surface area contributed by atoms with Crippen molar-refractivity contribution in [3.8, 4) is 0 Å². The first-order valence-corrected chi connectivity index (χ1v) is 8.36. The Kier molecular flexibility index (Phi) is 5.48. The fraction of sp³-hybridized carbons (Fsp3) is 0.333. The van der Waals surface area contributed by atoms with Crippen LogP contribution in [-0.4, -0.2) is 6.54 Å². The predicted octanol–water partition coefficient (Wildman–Crippen LogP) is 5.73. The third-order valence-corrected chi connectivity index (χ3v) is 4.50. The minimum atomic E-state index is 0.157. The minimum absolute atomic E-state index is 0.157. The van der Waals surface area contributed by atoms with Crippen molar-refractivity contribution in [2.45, 2.75) is 33.7 Å². The van der Waals surface area contributed by atoms with E-state index in [0.29, 0.717) is 0 Å². The molecule has 2 aromatic rings. The number of rotatable bonds is 4. The van der Waals surface area contributed by atoms with Crippen LogP contribution in [0.4, 0.5) is 0 Å². The Morgan fingerprint density at radius 1 is 1.00 bits per heavy atom. The van der Waals surface area contributed by atoms with E-state index in [1.807, 2.05) is 12.1 Å². The lowest BCUT2D eigenvalue weighted by atomic mass is 9.91. The molecule has 1 nitrogen and oxygen atoms in total. The van der Waals surface area contributed by atoms with Crippen molar-refractivity contribution >= 4 is 27.5 Å². The molecule has 0 aliphatic rings. The molecule has 3 heteroatoms. The summed E-state index contributed by atoms with van der Waals surface area (Å²) < 4.78 is 1.01. The van der Waals surface area contributed by atoms with Gasteiger partial charge in [0.25, 0.3) is 0 Å². The highest BCUT2D eigenvalue weighted by Crippen LogP contribution is 2.31. The molecule has 0 saturated carbocycles. The van der Waals surface area contributed by atoms with Gasteiger partial charge in [-0.1, -0.05) is 46.6 Å². The molecule has 0 amide bonds. The molecule has 112 valence electrons. The number of hydrogen-bond acceptors (Lipinski definition) is 1. The van der Waals surface area contributed by atoms with Gasteiger partial charge >= 0.3 is 0 Å². The van der Waals surface area contributed by atoms with Gasteiger partial charge in [-0.25, -0.2) is 0 Å². The van der Waals surface area contributed by atoms with E-state index < -0.39 is 0 Å². The summed E-state index contributed by atoms with van der Waals surface area (Å²) in [5.41, 5.74) is 6.45. The van der Waals surface area contributed by atoms with Gasteiger partial charge in [0.15, 0.2) is 0 Å². The summed E-state index contributed by atoms with van der Waals surface area (Å²) in [6.07, 6.45) is 0. The molecule has 2 rings (SSSR count). The van der Waals surface area contributed by atoms with E-state index in [9.17, 15) is 0 Å². The second-order valence-electron chi connectivity index (χ2n) is 5.49. The molecule has 1 unspecified atom stereocenters. The SMILES string of the molecule is CCNC(c1cc(Cl)cc(Br)c1)c1cc(C)c(C)cc1C. The predicted molar refractivity (Wildman–Crippen MR) is 95.3 cm³/mol. The third kappa shape index (κ3) is 3.88. The minimum Gasteiger partial charge on any atom is -0.307 e. The summed E-state index contributed by atoms with van der Waals surface area (Å²) >= 11 is 9.76. The van der Waals surface area contributed by atoms with Gasteiger partial charge in [-0.3, -0.25) is 0 Å². The topological polar surface area (TPSA) is 12.0 Å². The standard InChI is InChI=1S/C18H21BrClN/c1-5-21-18(14-8-15(19)10-16(20)9-14)17-7-12(3)11(2)6-13(17)4/h6-10,18,21H,5H2,1-4H3. The monoisotopic (exact) mass is 365 g/mol. The Labute approximate surface area is 140 Å². The molecular weight excluding hydrogens is 346 g/mol. The molecule has 0 aromatic heterocycles.